The minimum Gasteiger partial charge on any atom is -0.344 e. The lowest BCUT2D eigenvalue weighted by atomic mass is 9.77. The fourth-order valence-electron chi connectivity index (χ4n) is 8.61. The number of fused-ring (bicyclic) bond motifs is 1. The summed E-state index contributed by atoms with van der Waals surface area (Å²) in [5.41, 5.74) is 0.224. The molecule has 3 aliphatic carbocycles. The number of carbonyl (C=O) groups excluding carboxylic acids is 6. The Hall–Kier alpha value is -3.30. The van der Waals surface area contributed by atoms with E-state index in [4.69, 9.17) is 0 Å². The summed E-state index contributed by atoms with van der Waals surface area (Å²) in [4.78, 5) is 91.7. The minimum absolute atomic E-state index is 0.00448. The molecule has 0 spiro atoms. The first-order chi connectivity index (χ1) is 23.1. The number of nitrogens with zero attached hydrogens (tertiary/aromatic N) is 3. The Morgan fingerprint density at radius 3 is 2.31 bits per heavy atom. The normalized spacial score (nSPS) is 24.5. The molecule has 262 valence electrons. The Morgan fingerprint density at radius 2 is 1.67 bits per heavy atom. The van der Waals surface area contributed by atoms with Gasteiger partial charge in [0, 0.05) is 50.0 Å². The number of aromatic nitrogens is 2. The molecule has 2 heterocycles. The predicted octanol–water partition coefficient (Wildman–Crippen LogP) is 5.33. The third kappa shape index (κ3) is 8.64. The second kappa shape index (κ2) is 16.4. The third-order valence-corrected chi connectivity index (χ3v) is 11.4. The highest BCUT2D eigenvalue weighted by molar-refractivity contribution is 6.38. The zero-order valence-corrected chi connectivity index (χ0v) is 29.0. The highest BCUT2D eigenvalue weighted by Crippen LogP contribution is 2.44. The molecule has 48 heavy (non-hydrogen) atoms. The molecule has 1 aromatic heterocycles. The maximum atomic E-state index is 14.4. The van der Waals surface area contributed by atoms with Crippen LogP contribution in [0, 0.1) is 41.4 Å². The average Bonchev–Trinajstić information content (AvgIpc) is 3.65. The molecule has 0 bridgehead atoms. The molecule has 4 fully saturated rings. The van der Waals surface area contributed by atoms with Gasteiger partial charge in [-0.3, -0.25) is 33.8 Å². The van der Waals surface area contributed by atoms with Crippen molar-refractivity contribution in [2.24, 2.45) is 41.4 Å². The van der Waals surface area contributed by atoms with E-state index in [1.54, 1.807) is 4.90 Å². The quantitative estimate of drug-likeness (QED) is 0.174. The maximum absolute atomic E-state index is 14.4. The molecular weight excluding hydrogens is 608 g/mol. The lowest BCUT2D eigenvalue weighted by molar-refractivity contribution is -0.145. The highest BCUT2D eigenvalue weighted by Gasteiger charge is 2.51. The lowest BCUT2D eigenvalue weighted by Crippen LogP contribution is -2.56. The summed E-state index contributed by atoms with van der Waals surface area (Å²) >= 11 is 0. The smallest absolute Gasteiger partial charge is 0.246 e. The summed E-state index contributed by atoms with van der Waals surface area (Å²) in [5.74, 6) is -2.75. The number of hydrogen-bond donors (Lipinski definition) is 1. The largest absolute Gasteiger partial charge is 0.344 e. The number of rotatable bonds is 17. The van der Waals surface area contributed by atoms with Crippen LogP contribution in [-0.2, 0) is 24.0 Å². The van der Waals surface area contributed by atoms with Crippen LogP contribution in [0.4, 0.5) is 0 Å². The van der Waals surface area contributed by atoms with Crippen molar-refractivity contribution in [2.75, 3.05) is 6.54 Å². The number of likely N-dealkylation sites (tertiary alicyclic amines) is 1. The van der Waals surface area contributed by atoms with Crippen molar-refractivity contribution in [1.29, 1.82) is 0 Å². The Morgan fingerprint density at radius 1 is 0.917 bits per heavy atom. The van der Waals surface area contributed by atoms with Crippen molar-refractivity contribution in [3.8, 4) is 0 Å². The third-order valence-electron chi connectivity index (χ3n) is 11.4. The molecule has 1 unspecified atom stereocenters. The zero-order valence-electron chi connectivity index (χ0n) is 29.0. The number of Topliss-reactive ketones (excluding diaryl/α,β-unsaturated/α-hetero) is 4. The van der Waals surface area contributed by atoms with Gasteiger partial charge in [-0.25, -0.2) is 4.98 Å². The van der Waals surface area contributed by atoms with E-state index in [2.05, 4.69) is 15.3 Å². The van der Waals surface area contributed by atoms with Gasteiger partial charge < -0.3 is 10.2 Å². The summed E-state index contributed by atoms with van der Waals surface area (Å²) in [6.07, 6.45) is 15.3. The average molecular weight is 663 g/mol. The minimum atomic E-state index is -0.863. The monoisotopic (exact) mass is 662 g/mol. The van der Waals surface area contributed by atoms with Gasteiger partial charge in [0.25, 0.3) is 0 Å². The van der Waals surface area contributed by atoms with Gasteiger partial charge in [-0.1, -0.05) is 52.9 Å². The number of hydrogen-bond acceptors (Lipinski definition) is 8. The first-order valence-corrected chi connectivity index (χ1v) is 18.6. The Labute approximate surface area is 285 Å². The van der Waals surface area contributed by atoms with Gasteiger partial charge in [-0.05, 0) is 74.5 Å². The van der Waals surface area contributed by atoms with Crippen LogP contribution in [-0.4, -0.2) is 68.4 Å². The van der Waals surface area contributed by atoms with E-state index in [0.29, 0.717) is 25.3 Å². The van der Waals surface area contributed by atoms with Crippen molar-refractivity contribution >= 4 is 34.9 Å². The molecule has 10 heteroatoms. The first-order valence-electron chi connectivity index (χ1n) is 18.6. The molecule has 0 radical (unpaired) electrons. The van der Waals surface area contributed by atoms with E-state index in [1.165, 1.54) is 18.6 Å². The van der Waals surface area contributed by atoms with Crippen LogP contribution in [0.25, 0.3) is 0 Å². The van der Waals surface area contributed by atoms with Crippen molar-refractivity contribution in [3.05, 3.63) is 24.3 Å². The maximum Gasteiger partial charge on any atom is 0.246 e. The fraction of sp³-hybridized carbons (Fsp3) is 0.737. The molecule has 2 amide bonds. The molecule has 10 nitrogen and oxygen atoms in total. The van der Waals surface area contributed by atoms with Crippen LogP contribution in [0.3, 0.4) is 0 Å². The molecule has 1 saturated heterocycles. The van der Waals surface area contributed by atoms with E-state index in [1.807, 2.05) is 20.8 Å². The second-order valence-electron chi connectivity index (χ2n) is 15.3. The summed E-state index contributed by atoms with van der Waals surface area (Å²) in [5, 5.41) is 3.06. The molecule has 1 aromatic rings. The Bertz CT molecular complexity index is 1340. The summed E-state index contributed by atoms with van der Waals surface area (Å²) in [6.45, 7) is 6.17. The van der Waals surface area contributed by atoms with Crippen molar-refractivity contribution in [2.45, 2.75) is 129 Å². The van der Waals surface area contributed by atoms with Crippen molar-refractivity contribution < 1.29 is 28.8 Å². The SMILES string of the molecule is CCCC(CC(=O)[C@@H]1[C@H]2CCC[C@H]2CN1C(=O)[C@@H](NC(=O)[C@H](CC(=O)c1cnccn1)C1CCCCC1)C(C)C)C(=O)C(=O)CC1CC1. The van der Waals surface area contributed by atoms with Crippen molar-refractivity contribution in [1.82, 2.24) is 20.2 Å². The van der Waals surface area contributed by atoms with Gasteiger partial charge in [0.1, 0.15) is 11.7 Å². The predicted molar refractivity (Wildman–Crippen MR) is 180 cm³/mol. The van der Waals surface area contributed by atoms with Gasteiger partial charge in [0.2, 0.25) is 17.6 Å². The van der Waals surface area contributed by atoms with E-state index in [0.717, 1.165) is 64.2 Å². The van der Waals surface area contributed by atoms with E-state index in [-0.39, 0.29) is 77.8 Å². The summed E-state index contributed by atoms with van der Waals surface area (Å²) in [7, 11) is 0. The standard InChI is InChI=1S/C38H54N4O6/c1-4-9-26(36(46)33(45)18-24-14-15-24)19-32(44)35-28-13-8-12-27(28)22-42(35)38(48)34(23(2)3)41-37(47)29(25-10-6-5-7-11-25)20-31(43)30-21-39-16-17-40-30/h16-17,21,23-29,34-35H,4-15,18-20,22H2,1-3H3,(H,41,47)/t26?,27-,28-,29+,34-,35-/m0/s1. The van der Waals surface area contributed by atoms with Crippen LogP contribution in [0.1, 0.15) is 128 Å². The van der Waals surface area contributed by atoms with Crippen LogP contribution < -0.4 is 5.32 Å². The highest BCUT2D eigenvalue weighted by atomic mass is 16.2. The molecule has 5 rings (SSSR count). The number of carbonyl (C=O) groups is 6. The molecule has 1 N–H and O–H groups in total. The topological polar surface area (TPSA) is 143 Å². The molecule has 1 aliphatic heterocycles. The fourth-order valence-corrected chi connectivity index (χ4v) is 8.61. The summed E-state index contributed by atoms with van der Waals surface area (Å²) < 4.78 is 0. The van der Waals surface area contributed by atoms with Gasteiger partial charge in [-0.15, -0.1) is 0 Å². The van der Waals surface area contributed by atoms with Gasteiger partial charge >= 0.3 is 0 Å². The number of nitrogens with one attached hydrogen (secondary N) is 1. The molecular formula is C38H54N4O6. The van der Waals surface area contributed by atoms with Gasteiger partial charge in [-0.2, -0.15) is 0 Å². The van der Waals surface area contributed by atoms with Gasteiger partial charge in [0.15, 0.2) is 17.3 Å². The van der Waals surface area contributed by atoms with Gasteiger partial charge in [0.05, 0.1) is 12.2 Å². The van der Waals surface area contributed by atoms with Crippen LogP contribution >= 0.6 is 0 Å². The van der Waals surface area contributed by atoms with E-state index >= 15 is 0 Å². The molecule has 6 atom stereocenters. The van der Waals surface area contributed by atoms with E-state index in [9.17, 15) is 28.8 Å². The zero-order chi connectivity index (χ0) is 34.4. The van der Waals surface area contributed by atoms with E-state index < -0.39 is 29.7 Å². The molecule has 4 aliphatic rings. The van der Waals surface area contributed by atoms with Crippen molar-refractivity contribution in [3.63, 3.8) is 0 Å². The number of ketones is 4. The molecule has 0 aromatic carbocycles. The number of amides is 2. The van der Waals surface area contributed by atoms with Crippen LogP contribution in [0.15, 0.2) is 18.6 Å². The Balaban J connectivity index is 1.33. The lowest BCUT2D eigenvalue weighted by Gasteiger charge is -2.34. The molecule has 3 saturated carbocycles. The summed E-state index contributed by atoms with van der Waals surface area (Å²) in [6, 6.07) is -1.53. The van der Waals surface area contributed by atoms with Crippen LogP contribution in [0.2, 0.25) is 0 Å². The second-order valence-corrected chi connectivity index (χ2v) is 15.3. The first kappa shape index (κ1) is 36.0. The Kier molecular flexibility index (Phi) is 12.3. The van der Waals surface area contributed by atoms with Crippen LogP contribution in [0.5, 0.6) is 0 Å².